The molecule has 4 nitrogen and oxygen atoms in total. The number of primary sulfonamides is 1. The highest BCUT2D eigenvalue weighted by atomic mass is 35.5. The van der Waals surface area contributed by atoms with E-state index in [0.29, 0.717) is 0 Å². The van der Waals surface area contributed by atoms with Crippen molar-refractivity contribution in [3.8, 4) is 0 Å². The highest BCUT2D eigenvalue weighted by Crippen LogP contribution is 1.68. The quantitative estimate of drug-likeness (QED) is 0.528. The highest BCUT2D eigenvalue weighted by molar-refractivity contribution is 7.89. The van der Waals surface area contributed by atoms with Crippen molar-refractivity contribution in [3.63, 3.8) is 0 Å². The van der Waals surface area contributed by atoms with Crippen LogP contribution in [0.4, 0.5) is 0 Å². The summed E-state index contributed by atoms with van der Waals surface area (Å²) >= 11 is 0. The first-order valence-electron chi connectivity index (χ1n) is 2.96. The van der Waals surface area contributed by atoms with Crippen LogP contribution < -0.4 is 10.9 Å². The summed E-state index contributed by atoms with van der Waals surface area (Å²) in [6.45, 7) is -2.60. The van der Waals surface area contributed by atoms with Crippen LogP contribution in [0.3, 0.4) is 0 Å². The van der Waals surface area contributed by atoms with Crippen molar-refractivity contribution >= 4 is 22.4 Å². The fourth-order valence-electron chi connectivity index (χ4n) is 0.0948. The molecule has 8 heavy (non-hydrogen) atoms. The van der Waals surface area contributed by atoms with E-state index in [1.165, 1.54) is 0 Å². The van der Waals surface area contributed by atoms with Gasteiger partial charge in [0.05, 0.1) is 5.73 Å². The predicted molar refractivity (Wildman–Crippen MR) is 34.3 cm³/mol. The molecule has 0 aromatic heterocycles. The first-order chi connectivity index (χ1) is 4.15. The lowest BCUT2D eigenvalue weighted by atomic mass is 10.8. The molecule has 6 heteroatoms. The van der Waals surface area contributed by atoms with Crippen LogP contribution >= 0.6 is 12.4 Å². The van der Waals surface area contributed by atoms with Gasteiger partial charge in [-0.1, -0.05) is 0 Å². The minimum Gasteiger partial charge on any atom is -0.329 e. The van der Waals surface area contributed by atoms with Gasteiger partial charge in [0.15, 0.2) is 0 Å². The highest BCUT2D eigenvalue weighted by Gasteiger charge is 1.96. The van der Waals surface area contributed by atoms with Crippen molar-refractivity contribution in [2.45, 2.75) is 0 Å². The molecular weight excluding hydrogens is 152 g/mol. The molecular formula is C2H9ClN2O2S. The Morgan fingerprint density at radius 3 is 2.00 bits per heavy atom. The van der Waals surface area contributed by atoms with Gasteiger partial charge in [-0.25, -0.2) is 13.6 Å². The molecule has 0 aromatic rings. The number of nitrogens with two attached hydrogens (primary N) is 2. The number of hydrogen-bond donors (Lipinski definition) is 2. The third-order valence-corrected chi connectivity index (χ3v) is 0.697. The van der Waals surface area contributed by atoms with Gasteiger partial charge in [0.2, 0.25) is 10.0 Å². The van der Waals surface area contributed by atoms with Gasteiger partial charge in [-0.3, -0.25) is 0 Å². The molecule has 0 bridgehead atoms. The number of sulfonamides is 1. The van der Waals surface area contributed by atoms with Crippen molar-refractivity contribution in [2.24, 2.45) is 10.9 Å². The summed E-state index contributed by atoms with van der Waals surface area (Å²) in [4.78, 5) is 0. The summed E-state index contributed by atoms with van der Waals surface area (Å²) in [5, 5.41) is 4.43. The van der Waals surface area contributed by atoms with E-state index >= 15 is 0 Å². The topological polar surface area (TPSA) is 86.2 Å². The molecule has 0 spiro atoms. The number of halogens is 1. The fourth-order valence-corrected chi connectivity index (χ4v) is 0.285. The van der Waals surface area contributed by atoms with E-state index in [1.807, 2.05) is 0 Å². The first-order valence-corrected chi connectivity index (χ1v) is 2.99. The maximum Gasteiger partial charge on any atom is 0.210 e. The molecule has 52 valence electrons. The second-order valence-corrected chi connectivity index (χ2v) is 2.29. The molecule has 0 aromatic carbocycles. The Labute approximate surface area is 58.9 Å². The molecule has 0 saturated heterocycles. The lowest BCUT2D eigenvalue weighted by Gasteiger charge is -1.87. The summed E-state index contributed by atoms with van der Waals surface area (Å²) in [5.41, 5.74) is 2.53. The third kappa shape index (κ3) is 9.48. The molecule has 4 N–H and O–H groups in total. The first kappa shape index (κ1) is 4.99. The van der Waals surface area contributed by atoms with Crippen LogP contribution in [0.25, 0.3) is 0 Å². The van der Waals surface area contributed by atoms with Gasteiger partial charge in [0, 0.05) is 10.6 Å². The minimum absolute atomic E-state index is 0. The zero-order chi connectivity index (χ0) is 8.58. The van der Waals surface area contributed by atoms with Gasteiger partial charge in [0.1, 0.15) is 0 Å². The van der Waals surface area contributed by atoms with Crippen molar-refractivity contribution in [3.05, 3.63) is 0 Å². The van der Waals surface area contributed by atoms with Crippen molar-refractivity contribution in [1.29, 1.82) is 0 Å². The monoisotopic (exact) mass is 163 g/mol. The maximum atomic E-state index is 10.2. The molecule has 0 aliphatic carbocycles. The summed E-state index contributed by atoms with van der Waals surface area (Å²) in [5.74, 6) is 0. The van der Waals surface area contributed by atoms with Gasteiger partial charge in [-0.15, -0.1) is 12.4 Å². The largest absolute Gasteiger partial charge is 0.329 e. The second kappa shape index (κ2) is 4.08. The number of rotatable bonds is 2. The summed E-state index contributed by atoms with van der Waals surface area (Å²) in [6, 6.07) is 0. The molecule has 0 aliphatic rings. The predicted octanol–water partition coefficient (Wildman–Crippen LogP) is -1.34. The van der Waals surface area contributed by atoms with Crippen molar-refractivity contribution < 1.29 is 12.5 Å². The molecule has 0 amide bonds. The van der Waals surface area contributed by atoms with E-state index in [-0.39, 0.29) is 12.4 Å². The van der Waals surface area contributed by atoms with Crippen LogP contribution in [-0.4, -0.2) is 20.6 Å². The van der Waals surface area contributed by atoms with E-state index in [1.54, 1.807) is 0 Å². The van der Waals surface area contributed by atoms with Crippen LogP contribution in [0.15, 0.2) is 0 Å². The van der Waals surface area contributed by atoms with E-state index in [4.69, 9.17) is 4.11 Å². The summed E-state index contributed by atoms with van der Waals surface area (Å²) in [6.07, 6.45) is 0. The Morgan fingerprint density at radius 2 is 2.00 bits per heavy atom. The number of hydrogen-bond acceptors (Lipinski definition) is 3. The Balaban J connectivity index is 0. The maximum absolute atomic E-state index is 10.2. The van der Waals surface area contributed by atoms with Crippen molar-refractivity contribution in [1.82, 2.24) is 0 Å². The average Bonchev–Trinajstić information content (AvgIpc) is 1.59. The van der Waals surface area contributed by atoms with Gasteiger partial charge >= 0.3 is 0 Å². The van der Waals surface area contributed by atoms with Crippen LogP contribution in [0.2, 0.25) is 0 Å². The molecule has 1 atom stereocenters. The SMILES string of the molecule is Cl.[2H]C(C([2H])([2H])N)S(N)(=O)=O. The normalized spacial score (nSPS) is 21.5. The third-order valence-electron chi connectivity index (χ3n) is 0.232. The minimum atomic E-state index is -4.19. The van der Waals surface area contributed by atoms with Gasteiger partial charge < -0.3 is 5.73 Å². The Kier molecular flexibility index (Phi) is 2.54. The Hall–Kier alpha value is 0.160. The molecule has 0 rings (SSSR count). The van der Waals surface area contributed by atoms with E-state index in [0.717, 1.165) is 0 Å². The summed E-state index contributed by atoms with van der Waals surface area (Å²) < 4.78 is 40.3. The lowest BCUT2D eigenvalue weighted by Crippen LogP contribution is -2.22. The van der Waals surface area contributed by atoms with Crippen LogP contribution in [0.5, 0.6) is 0 Å². The molecule has 0 fully saturated rings. The molecule has 0 aliphatic heterocycles. The molecule has 0 radical (unpaired) electrons. The van der Waals surface area contributed by atoms with Crippen LogP contribution in [0.1, 0.15) is 4.11 Å². The van der Waals surface area contributed by atoms with Gasteiger partial charge in [-0.2, -0.15) is 0 Å². The molecule has 1 unspecified atom stereocenters. The van der Waals surface area contributed by atoms with Crippen LogP contribution in [0, 0.1) is 0 Å². The molecule has 0 saturated carbocycles. The van der Waals surface area contributed by atoms with Crippen LogP contribution in [-0.2, 0) is 10.0 Å². The van der Waals surface area contributed by atoms with E-state index in [9.17, 15) is 8.42 Å². The Bertz CT molecular complexity index is 212. The average molecular weight is 164 g/mol. The van der Waals surface area contributed by atoms with Gasteiger partial charge in [0.25, 0.3) is 0 Å². The lowest BCUT2D eigenvalue weighted by molar-refractivity contribution is 0.597. The van der Waals surface area contributed by atoms with Crippen molar-refractivity contribution in [2.75, 3.05) is 12.2 Å². The standard InChI is InChI=1S/C2H8N2O2S.ClH/c3-1-2-7(4,5)6;/h1-3H2,(H2,4,5,6);1H/i1D2,2D;. The smallest absolute Gasteiger partial charge is 0.210 e. The van der Waals surface area contributed by atoms with Gasteiger partial charge in [-0.05, 0) is 0 Å². The second-order valence-electron chi connectivity index (χ2n) is 0.874. The molecule has 0 heterocycles. The fraction of sp³-hybridized carbons (Fsp3) is 1.00. The summed E-state index contributed by atoms with van der Waals surface area (Å²) in [7, 11) is -4.19. The Morgan fingerprint density at radius 1 is 1.62 bits per heavy atom. The van der Waals surface area contributed by atoms with E-state index in [2.05, 4.69) is 10.9 Å². The zero-order valence-electron chi connectivity index (χ0n) is 6.87. The van der Waals surface area contributed by atoms with E-state index < -0.39 is 22.2 Å². The zero-order valence-corrected chi connectivity index (χ0v) is 5.50.